The number of aromatic hydroxyl groups is 1. The summed E-state index contributed by atoms with van der Waals surface area (Å²) < 4.78 is 4.94. The third-order valence-electron chi connectivity index (χ3n) is 2.23. The lowest BCUT2D eigenvalue weighted by atomic mass is 10.2. The highest BCUT2D eigenvalue weighted by Gasteiger charge is 2.03. The van der Waals surface area contributed by atoms with E-state index in [1.54, 1.807) is 12.1 Å². The molecule has 3 N–H and O–H groups in total. The van der Waals surface area contributed by atoms with Crippen LogP contribution in [0.1, 0.15) is 12.5 Å². The van der Waals surface area contributed by atoms with E-state index < -0.39 is 0 Å². The predicted molar refractivity (Wildman–Crippen MR) is 65.0 cm³/mol. The number of ether oxygens (including phenoxy) is 1. The molecule has 17 heavy (non-hydrogen) atoms. The molecule has 0 aliphatic heterocycles. The number of hydrogen-bond donors (Lipinski definition) is 3. The fourth-order valence-electron chi connectivity index (χ4n) is 1.43. The van der Waals surface area contributed by atoms with Crippen molar-refractivity contribution in [3.63, 3.8) is 0 Å². The number of carbonyl (C=O) groups excluding carboxylic acids is 1. The summed E-state index contributed by atoms with van der Waals surface area (Å²) in [7, 11) is 1.50. The number of carbonyl (C=O) groups is 1. The van der Waals surface area contributed by atoms with E-state index in [0.29, 0.717) is 18.8 Å². The van der Waals surface area contributed by atoms with Crippen molar-refractivity contribution in [3.05, 3.63) is 23.8 Å². The third-order valence-corrected chi connectivity index (χ3v) is 2.23. The van der Waals surface area contributed by atoms with Crippen molar-refractivity contribution in [1.29, 1.82) is 0 Å². The van der Waals surface area contributed by atoms with E-state index in [1.165, 1.54) is 7.11 Å². The first kappa shape index (κ1) is 13.3. The lowest BCUT2D eigenvalue weighted by Gasteiger charge is -2.07. The van der Waals surface area contributed by atoms with Crippen molar-refractivity contribution >= 4 is 5.91 Å². The van der Waals surface area contributed by atoms with Crippen LogP contribution in [0, 0.1) is 0 Å². The number of rotatable bonds is 6. The third kappa shape index (κ3) is 4.32. The quantitative estimate of drug-likeness (QED) is 0.679. The average molecular weight is 238 g/mol. The lowest BCUT2D eigenvalue weighted by molar-refractivity contribution is -0.120. The Morgan fingerprint density at radius 1 is 1.47 bits per heavy atom. The molecule has 0 bridgehead atoms. The van der Waals surface area contributed by atoms with Gasteiger partial charge in [0.1, 0.15) is 0 Å². The fraction of sp³-hybridized carbons (Fsp3) is 0.417. The molecule has 0 saturated carbocycles. The van der Waals surface area contributed by atoms with Crippen molar-refractivity contribution in [2.75, 3.05) is 20.2 Å². The van der Waals surface area contributed by atoms with Crippen LogP contribution >= 0.6 is 0 Å². The van der Waals surface area contributed by atoms with Crippen molar-refractivity contribution in [1.82, 2.24) is 10.6 Å². The molecule has 0 radical (unpaired) electrons. The van der Waals surface area contributed by atoms with Crippen LogP contribution in [-0.2, 0) is 11.3 Å². The summed E-state index contributed by atoms with van der Waals surface area (Å²) in [5.74, 6) is 0.507. The topological polar surface area (TPSA) is 70.6 Å². The molecule has 5 nitrogen and oxygen atoms in total. The molecule has 1 aromatic carbocycles. The summed E-state index contributed by atoms with van der Waals surface area (Å²) in [5, 5.41) is 15.2. The molecule has 0 unspecified atom stereocenters. The van der Waals surface area contributed by atoms with E-state index in [2.05, 4.69) is 10.6 Å². The predicted octanol–water partition coefficient (Wildman–Crippen LogP) is 0.626. The Kier molecular flexibility index (Phi) is 5.29. The number of benzene rings is 1. The number of hydrogen-bond acceptors (Lipinski definition) is 4. The van der Waals surface area contributed by atoms with Crippen LogP contribution in [-0.4, -0.2) is 31.2 Å². The first-order valence-corrected chi connectivity index (χ1v) is 5.50. The van der Waals surface area contributed by atoms with Crippen LogP contribution in [0.15, 0.2) is 18.2 Å². The van der Waals surface area contributed by atoms with Crippen molar-refractivity contribution < 1.29 is 14.6 Å². The average Bonchev–Trinajstić information content (AvgIpc) is 2.29. The molecule has 94 valence electrons. The van der Waals surface area contributed by atoms with E-state index in [-0.39, 0.29) is 18.2 Å². The second-order valence-corrected chi connectivity index (χ2v) is 3.56. The van der Waals surface area contributed by atoms with E-state index in [0.717, 1.165) is 5.56 Å². The summed E-state index contributed by atoms with van der Waals surface area (Å²) in [6.07, 6.45) is 0. The van der Waals surface area contributed by atoms with Gasteiger partial charge in [-0.15, -0.1) is 0 Å². The molecule has 0 atom stereocenters. The van der Waals surface area contributed by atoms with Gasteiger partial charge < -0.3 is 20.5 Å². The summed E-state index contributed by atoms with van der Waals surface area (Å²) in [6, 6.07) is 5.14. The second-order valence-electron chi connectivity index (χ2n) is 3.56. The molecule has 5 heteroatoms. The number of amides is 1. The Morgan fingerprint density at radius 2 is 2.24 bits per heavy atom. The minimum atomic E-state index is -0.0368. The number of phenols is 1. The number of phenolic OH excluding ortho intramolecular Hbond substituents is 1. The molecule has 0 aliphatic carbocycles. The number of likely N-dealkylation sites (N-methyl/N-ethyl adjacent to an activating group) is 1. The Hall–Kier alpha value is -1.75. The summed E-state index contributed by atoms with van der Waals surface area (Å²) in [4.78, 5) is 11.2. The zero-order valence-corrected chi connectivity index (χ0v) is 10.1. The van der Waals surface area contributed by atoms with Gasteiger partial charge in [-0.2, -0.15) is 0 Å². The molecule has 1 aromatic rings. The largest absolute Gasteiger partial charge is 0.504 e. The van der Waals surface area contributed by atoms with Crippen molar-refractivity contribution in [3.8, 4) is 11.5 Å². The first-order valence-electron chi connectivity index (χ1n) is 5.50. The van der Waals surface area contributed by atoms with Crippen molar-refractivity contribution in [2.45, 2.75) is 13.5 Å². The van der Waals surface area contributed by atoms with E-state index >= 15 is 0 Å². The van der Waals surface area contributed by atoms with E-state index in [1.807, 2.05) is 13.0 Å². The minimum absolute atomic E-state index is 0.0368. The fourth-order valence-corrected chi connectivity index (χ4v) is 1.43. The molecular formula is C12H18N2O3. The number of nitrogens with one attached hydrogen (secondary N) is 2. The summed E-state index contributed by atoms with van der Waals surface area (Å²) >= 11 is 0. The highest BCUT2D eigenvalue weighted by atomic mass is 16.5. The molecular weight excluding hydrogens is 220 g/mol. The molecule has 0 aliphatic rings. The molecule has 0 spiro atoms. The van der Waals surface area contributed by atoms with Crippen LogP contribution < -0.4 is 15.4 Å². The maximum absolute atomic E-state index is 11.2. The van der Waals surface area contributed by atoms with Gasteiger partial charge in [-0.05, 0) is 24.6 Å². The summed E-state index contributed by atoms with van der Waals surface area (Å²) in [5.41, 5.74) is 0.896. The van der Waals surface area contributed by atoms with Crippen LogP contribution in [0.2, 0.25) is 0 Å². The highest BCUT2D eigenvalue weighted by molar-refractivity contribution is 5.77. The standard InChI is InChI=1S/C12H18N2O3/c1-3-14-12(16)8-13-7-9-4-5-11(17-2)10(15)6-9/h4-6,13,15H,3,7-8H2,1-2H3,(H,14,16). The minimum Gasteiger partial charge on any atom is -0.504 e. The molecule has 0 fully saturated rings. The zero-order chi connectivity index (χ0) is 12.7. The van der Waals surface area contributed by atoms with Gasteiger partial charge in [-0.3, -0.25) is 4.79 Å². The monoisotopic (exact) mass is 238 g/mol. The van der Waals surface area contributed by atoms with Gasteiger partial charge in [-0.25, -0.2) is 0 Å². The SMILES string of the molecule is CCNC(=O)CNCc1ccc(OC)c(O)c1. The van der Waals surface area contributed by atoms with Gasteiger partial charge in [0, 0.05) is 13.1 Å². The van der Waals surface area contributed by atoms with Gasteiger partial charge in [0.2, 0.25) is 5.91 Å². The Balaban J connectivity index is 2.42. The van der Waals surface area contributed by atoms with E-state index in [4.69, 9.17) is 4.74 Å². The highest BCUT2D eigenvalue weighted by Crippen LogP contribution is 2.25. The smallest absolute Gasteiger partial charge is 0.233 e. The normalized spacial score (nSPS) is 10.0. The molecule has 0 aromatic heterocycles. The van der Waals surface area contributed by atoms with Crippen LogP contribution in [0.5, 0.6) is 11.5 Å². The lowest BCUT2D eigenvalue weighted by Crippen LogP contribution is -2.33. The molecule has 0 heterocycles. The van der Waals surface area contributed by atoms with Gasteiger partial charge in [-0.1, -0.05) is 6.07 Å². The van der Waals surface area contributed by atoms with Crippen LogP contribution in [0.4, 0.5) is 0 Å². The zero-order valence-electron chi connectivity index (χ0n) is 10.1. The van der Waals surface area contributed by atoms with Gasteiger partial charge in [0.25, 0.3) is 0 Å². The Labute approximate surface area is 101 Å². The Bertz CT molecular complexity index is 380. The van der Waals surface area contributed by atoms with E-state index in [9.17, 15) is 9.90 Å². The summed E-state index contributed by atoms with van der Waals surface area (Å²) in [6.45, 7) is 3.29. The second kappa shape index (κ2) is 6.75. The maximum atomic E-state index is 11.2. The molecule has 1 amide bonds. The van der Waals surface area contributed by atoms with Crippen molar-refractivity contribution in [2.24, 2.45) is 0 Å². The molecule has 1 rings (SSSR count). The van der Waals surface area contributed by atoms with Crippen LogP contribution in [0.3, 0.4) is 0 Å². The Morgan fingerprint density at radius 3 is 2.82 bits per heavy atom. The van der Waals surface area contributed by atoms with Gasteiger partial charge in [0.05, 0.1) is 13.7 Å². The van der Waals surface area contributed by atoms with Gasteiger partial charge >= 0.3 is 0 Å². The van der Waals surface area contributed by atoms with Gasteiger partial charge in [0.15, 0.2) is 11.5 Å². The first-order chi connectivity index (χ1) is 8.17. The number of methoxy groups -OCH3 is 1. The maximum Gasteiger partial charge on any atom is 0.233 e. The van der Waals surface area contributed by atoms with Crippen LogP contribution in [0.25, 0.3) is 0 Å². The molecule has 0 saturated heterocycles.